The lowest BCUT2D eigenvalue weighted by Gasteiger charge is -2.10. The van der Waals surface area contributed by atoms with Gasteiger partial charge in [-0.3, -0.25) is 0 Å². The SMILES string of the molecule is Cc1ccc(-c2cccc(CN)c2)cc1-c1ccccc1. The first-order valence-corrected chi connectivity index (χ1v) is 7.23. The standard InChI is InChI=1S/C20H19N/c1-15-10-11-19(18-9-5-6-16(12-18)14-21)13-20(15)17-7-3-2-4-8-17/h2-13H,14,21H2,1H3. The van der Waals surface area contributed by atoms with Crippen LogP contribution in [0.4, 0.5) is 0 Å². The van der Waals surface area contributed by atoms with E-state index >= 15 is 0 Å². The van der Waals surface area contributed by atoms with Crippen molar-refractivity contribution in [3.63, 3.8) is 0 Å². The predicted molar refractivity (Wildman–Crippen MR) is 89.9 cm³/mol. The molecule has 3 rings (SSSR count). The van der Waals surface area contributed by atoms with Gasteiger partial charge in [-0.1, -0.05) is 60.7 Å². The highest BCUT2D eigenvalue weighted by atomic mass is 14.5. The third-order valence-electron chi connectivity index (χ3n) is 3.82. The number of rotatable bonds is 3. The predicted octanol–water partition coefficient (Wildman–Crippen LogP) is 4.79. The molecule has 0 fully saturated rings. The average molecular weight is 273 g/mol. The fourth-order valence-electron chi connectivity index (χ4n) is 2.61. The fraction of sp³-hybridized carbons (Fsp3) is 0.100. The topological polar surface area (TPSA) is 26.0 Å². The van der Waals surface area contributed by atoms with Gasteiger partial charge in [-0.2, -0.15) is 0 Å². The highest BCUT2D eigenvalue weighted by Gasteiger charge is 2.05. The van der Waals surface area contributed by atoms with Gasteiger partial charge in [0.1, 0.15) is 0 Å². The second-order valence-corrected chi connectivity index (χ2v) is 5.30. The first kappa shape index (κ1) is 13.6. The first-order valence-electron chi connectivity index (χ1n) is 7.23. The molecule has 0 amide bonds. The summed E-state index contributed by atoms with van der Waals surface area (Å²) in [7, 11) is 0. The van der Waals surface area contributed by atoms with Gasteiger partial charge in [0.05, 0.1) is 0 Å². The smallest absolute Gasteiger partial charge is 0.0178 e. The molecule has 1 nitrogen and oxygen atoms in total. The largest absolute Gasteiger partial charge is 0.326 e. The van der Waals surface area contributed by atoms with E-state index in [0.717, 1.165) is 5.56 Å². The van der Waals surface area contributed by atoms with Crippen LogP contribution in [-0.2, 0) is 6.54 Å². The summed E-state index contributed by atoms with van der Waals surface area (Å²) in [5, 5.41) is 0. The Labute approximate surface area is 126 Å². The fourth-order valence-corrected chi connectivity index (χ4v) is 2.61. The molecule has 0 heterocycles. The Morgan fingerprint density at radius 2 is 1.43 bits per heavy atom. The molecule has 21 heavy (non-hydrogen) atoms. The molecule has 3 aromatic carbocycles. The van der Waals surface area contributed by atoms with Crippen molar-refractivity contribution in [3.05, 3.63) is 83.9 Å². The lowest BCUT2D eigenvalue weighted by atomic mass is 9.95. The molecular weight excluding hydrogens is 254 g/mol. The van der Waals surface area contributed by atoms with Crippen LogP contribution in [0.2, 0.25) is 0 Å². The minimum absolute atomic E-state index is 0.575. The van der Waals surface area contributed by atoms with E-state index < -0.39 is 0 Å². The maximum absolute atomic E-state index is 5.74. The molecule has 0 bridgehead atoms. The van der Waals surface area contributed by atoms with Crippen LogP contribution in [-0.4, -0.2) is 0 Å². The molecule has 0 aliphatic heterocycles. The van der Waals surface area contributed by atoms with Gasteiger partial charge in [0, 0.05) is 6.54 Å². The highest BCUT2D eigenvalue weighted by molar-refractivity contribution is 5.75. The van der Waals surface area contributed by atoms with Crippen LogP contribution < -0.4 is 5.73 Å². The van der Waals surface area contributed by atoms with E-state index in [1.54, 1.807) is 0 Å². The average Bonchev–Trinajstić information content (AvgIpc) is 2.56. The van der Waals surface area contributed by atoms with Gasteiger partial charge in [0.15, 0.2) is 0 Å². The van der Waals surface area contributed by atoms with E-state index in [1.807, 2.05) is 6.07 Å². The van der Waals surface area contributed by atoms with Crippen molar-refractivity contribution in [2.45, 2.75) is 13.5 Å². The Hall–Kier alpha value is -2.38. The van der Waals surface area contributed by atoms with E-state index in [4.69, 9.17) is 5.73 Å². The lowest BCUT2D eigenvalue weighted by molar-refractivity contribution is 1.07. The van der Waals surface area contributed by atoms with E-state index in [0.29, 0.717) is 6.54 Å². The van der Waals surface area contributed by atoms with E-state index in [1.165, 1.54) is 27.8 Å². The lowest BCUT2D eigenvalue weighted by Crippen LogP contribution is -1.95. The summed E-state index contributed by atoms with van der Waals surface area (Å²) in [5.74, 6) is 0. The zero-order valence-electron chi connectivity index (χ0n) is 12.2. The number of hydrogen-bond donors (Lipinski definition) is 1. The third-order valence-corrected chi connectivity index (χ3v) is 3.82. The van der Waals surface area contributed by atoms with Gasteiger partial charge in [0.2, 0.25) is 0 Å². The van der Waals surface area contributed by atoms with E-state index in [9.17, 15) is 0 Å². The van der Waals surface area contributed by atoms with Crippen molar-refractivity contribution in [1.82, 2.24) is 0 Å². The minimum atomic E-state index is 0.575. The second-order valence-electron chi connectivity index (χ2n) is 5.30. The summed E-state index contributed by atoms with van der Waals surface area (Å²) >= 11 is 0. The van der Waals surface area contributed by atoms with Gasteiger partial charge in [0.25, 0.3) is 0 Å². The van der Waals surface area contributed by atoms with Crippen molar-refractivity contribution in [2.24, 2.45) is 5.73 Å². The van der Waals surface area contributed by atoms with Crippen molar-refractivity contribution in [1.29, 1.82) is 0 Å². The molecule has 104 valence electrons. The molecule has 0 spiro atoms. The van der Waals surface area contributed by atoms with Crippen LogP contribution in [0.5, 0.6) is 0 Å². The highest BCUT2D eigenvalue weighted by Crippen LogP contribution is 2.29. The Morgan fingerprint density at radius 1 is 0.714 bits per heavy atom. The van der Waals surface area contributed by atoms with Gasteiger partial charge in [-0.05, 0) is 52.4 Å². The second kappa shape index (κ2) is 5.94. The third kappa shape index (κ3) is 2.88. The van der Waals surface area contributed by atoms with Crippen LogP contribution in [0.3, 0.4) is 0 Å². The van der Waals surface area contributed by atoms with Gasteiger partial charge in [-0.25, -0.2) is 0 Å². The van der Waals surface area contributed by atoms with Crippen LogP contribution in [0.25, 0.3) is 22.3 Å². The van der Waals surface area contributed by atoms with Crippen LogP contribution >= 0.6 is 0 Å². The maximum Gasteiger partial charge on any atom is 0.0178 e. The van der Waals surface area contributed by atoms with E-state index in [2.05, 4.69) is 73.7 Å². The van der Waals surface area contributed by atoms with E-state index in [-0.39, 0.29) is 0 Å². The van der Waals surface area contributed by atoms with Crippen molar-refractivity contribution in [3.8, 4) is 22.3 Å². The number of hydrogen-bond acceptors (Lipinski definition) is 1. The summed E-state index contributed by atoms with van der Waals surface area (Å²) in [6, 6.07) is 25.6. The van der Waals surface area contributed by atoms with Crippen LogP contribution in [0, 0.1) is 6.92 Å². The quantitative estimate of drug-likeness (QED) is 0.729. The van der Waals surface area contributed by atoms with Crippen molar-refractivity contribution < 1.29 is 0 Å². The summed E-state index contributed by atoms with van der Waals surface area (Å²) in [6.45, 7) is 2.73. The Bertz CT molecular complexity index is 745. The molecule has 1 heteroatoms. The molecule has 0 atom stereocenters. The summed E-state index contributed by atoms with van der Waals surface area (Å²) in [5.41, 5.74) is 13.2. The van der Waals surface area contributed by atoms with Gasteiger partial charge < -0.3 is 5.73 Å². The minimum Gasteiger partial charge on any atom is -0.326 e. The number of benzene rings is 3. The number of aryl methyl sites for hydroxylation is 1. The Morgan fingerprint density at radius 3 is 2.19 bits per heavy atom. The zero-order chi connectivity index (χ0) is 14.7. The Kier molecular flexibility index (Phi) is 3.85. The molecule has 0 radical (unpaired) electrons. The van der Waals surface area contributed by atoms with Gasteiger partial charge >= 0.3 is 0 Å². The maximum atomic E-state index is 5.74. The Balaban J connectivity index is 2.09. The molecule has 0 saturated heterocycles. The summed E-state index contributed by atoms with van der Waals surface area (Å²) in [4.78, 5) is 0. The molecule has 0 unspecified atom stereocenters. The molecule has 0 aliphatic rings. The normalized spacial score (nSPS) is 10.6. The molecule has 0 aromatic heterocycles. The molecule has 0 aliphatic carbocycles. The van der Waals surface area contributed by atoms with Crippen LogP contribution in [0.15, 0.2) is 72.8 Å². The first-order chi connectivity index (χ1) is 10.3. The number of nitrogens with two attached hydrogens (primary N) is 1. The summed E-state index contributed by atoms with van der Waals surface area (Å²) < 4.78 is 0. The van der Waals surface area contributed by atoms with Crippen molar-refractivity contribution in [2.75, 3.05) is 0 Å². The molecule has 0 saturated carbocycles. The summed E-state index contributed by atoms with van der Waals surface area (Å²) in [6.07, 6.45) is 0. The molecule has 3 aromatic rings. The van der Waals surface area contributed by atoms with Gasteiger partial charge in [-0.15, -0.1) is 0 Å². The molecule has 2 N–H and O–H groups in total. The monoisotopic (exact) mass is 273 g/mol. The van der Waals surface area contributed by atoms with Crippen LogP contribution in [0.1, 0.15) is 11.1 Å². The van der Waals surface area contributed by atoms with Crippen molar-refractivity contribution >= 4 is 0 Å². The zero-order valence-corrected chi connectivity index (χ0v) is 12.2. The molecular formula is C20H19N.